The number of nitrogens with zero attached hydrogens (tertiary/aromatic N) is 3. The minimum atomic E-state index is -5.08. The van der Waals surface area contributed by atoms with Crippen LogP contribution in [-0.2, 0) is 26.5 Å². The highest BCUT2D eigenvalue weighted by Gasteiger charge is 2.55. The van der Waals surface area contributed by atoms with Gasteiger partial charge in [0, 0.05) is 49.5 Å². The topological polar surface area (TPSA) is 102 Å². The number of alkyl halides is 3. The number of anilines is 2. The fraction of sp³-hybridized carbons (Fsp3) is 0.429. The molecule has 2 fully saturated rings. The maximum atomic E-state index is 13.8. The van der Waals surface area contributed by atoms with Crippen molar-refractivity contribution in [3.8, 4) is 0 Å². The molecule has 1 spiro atoms. The maximum Gasteiger partial charge on any atom is 0.471 e. The number of carbonyl (C=O) groups excluding carboxylic acids is 4. The molecule has 0 radical (unpaired) electrons. The Hall–Kier alpha value is -4.16. The fourth-order valence-corrected chi connectivity index (χ4v) is 5.51. The van der Waals surface area contributed by atoms with Crippen LogP contribution in [0.3, 0.4) is 0 Å². The zero-order valence-corrected chi connectivity index (χ0v) is 22.4. The lowest BCUT2D eigenvalue weighted by atomic mass is 9.82. The zero-order chi connectivity index (χ0) is 29.7. The average Bonchev–Trinajstić information content (AvgIpc) is 3.74. The number of benzene rings is 2. The predicted octanol–water partition coefficient (Wildman–Crippen LogP) is 3.74. The molecule has 2 aromatic carbocycles. The lowest BCUT2D eigenvalue weighted by Crippen LogP contribution is -2.51. The van der Waals surface area contributed by atoms with E-state index in [1.54, 1.807) is 34.3 Å². The van der Waals surface area contributed by atoms with Gasteiger partial charge in [-0.05, 0) is 55.5 Å². The largest absolute Gasteiger partial charge is 0.471 e. The third kappa shape index (κ3) is 5.44. The summed E-state index contributed by atoms with van der Waals surface area (Å²) < 4.78 is 51.7. The lowest BCUT2D eigenvalue weighted by Gasteiger charge is -2.39. The molecule has 1 saturated carbocycles. The van der Waals surface area contributed by atoms with E-state index in [9.17, 15) is 36.7 Å². The van der Waals surface area contributed by atoms with Crippen molar-refractivity contribution in [1.82, 2.24) is 15.1 Å². The van der Waals surface area contributed by atoms with Crippen molar-refractivity contribution >= 4 is 35.1 Å². The fourth-order valence-electron chi connectivity index (χ4n) is 5.51. The Kier molecular flexibility index (Phi) is 7.16. The molecular weight excluding hydrogens is 546 g/mol. The van der Waals surface area contributed by atoms with E-state index < -0.39 is 47.8 Å². The molecular formula is C28H29F4N5O4. The molecule has 2 atom stereocenters. The van der Waals surface area contributed by atoms with Gasteiger partial charge in [-0.15, -0.1) is 0 Å². The molecule has 3 aliphatic rings. The zero-order valence-electron chi connectivity index (χ0n) is 22.4. The van der Waals surface area contributed by atoms with Gasteiger partial charge in [0.1, 0.15) is 12.4 Å². The highest BCUT2D eigenvalue weighted by molar-refractivity contribution is 6.10. The van der Waals surface area contributed by atoms with Crippen molar-refractivity contribution in [3.63, 3.8) is 0 Å². The van der Waals surface area contributed by atoms with Crippen molar-refractivity contribution in [2.24, 2.45) is 5.92 Å². The van der Waals surface area contributed by atoms with Gasteiger partial charge >= 0.3 is 18.1 Å². The number of carbonyl (C=O) groups is 4. The third-order valence-corrected chi connectivity index (χ3v) is 8.06. The summed E-state index contributed by atoms with van der Waals surface area (Å²) in [5.41, 5.74) is -0.226. The minimum Gasteiger partial charge on any atom is -0.374 e. The van der Waals surface area contributed by atoms with Crippen molar-refractivity contribution in [1.29, 1.82) is 0 Å². The van der Waals surface area contributed by atoms with Gasteiger partial charge in [0.25, 0.3) is 5.91 Å². The van der Waals surface area contributed by atoms with Gasteiger partial charge in [0.05, 0.1) is 0 Å². The molecule has 218 valence electrons. The Labute approximate surface area is 233 Å². The van der Waals surface area contributed by atoms with Gasteiger partial charge in [0.15, 0.2) is 5.54 Å². The first-order valence-corrected chi connectivity index (χ1v) is 13.2. The van der Waals surface area contributed by atoms with Crippen molar-refractivity contribution in [2.75, 3.05) is 30.4 Å². The van der Waals surface area contributed by atoms with Crippen molar-refractivity contribution in [3.05, 3.63) is 59.4 Å². The molecule has 0 bridgehead atoms. The van der Waals surface area contributed by atoms with Crippen LogP contribution in [-0.4, -0.2) is 65.9 Å². The van der Waals surface area contributed by atoms with Gasteiger partial charge in [0.2, 0.25) is 5.91 Å². The molecule has 1 unspecified atom stereocenters. The lowest BCUT2D eigenvalue weighted by molar-refractivity contribution is -0.167. The molecule has 2 aromatic rings. The maximum absolute atomic E-state index is 13.8. The summed E-state index contributed by atoms with van der Waals surface area (Å²) in [4.78, 5) is 56.1. The molecule has 41 heavy (non-hydrogen) atoms. The van der Waals surface area contributed by atoms with Gasteiger partial charge in [-0.25, -0.2) is 9.18 Å². The molecule has 0 aromatic heterocycles. The van der Waals surface area contributed by atoms with E-state index in [1.807, 2.05) is 6.92 Å². The molecule has 13 heteroatoms. The average molecular weight is 576 g/mol. The first kappa shape index (κ1) is 28.4. The first-order valence-electron chi connectivity index (χ1n) is 13.2. The van der Waals surface area contributed by atoms with E-state index >= 15 is 0 Å². The molecule has 1 aliphatic carbocycles. The van der Waals surface area contributed by atoms with Crippen molar-refractivity contribution in [2.45, 2.75) is 50.5 Å². The smallest absolute Gasteiger partial charge is 0.374 e. The van der Waals surface area contributed by atoms with Crippen LogP contribution in [0.1, 0.15) is 37.3 Å². The SMILES string of the molecule is C[C@@H](C1CC1)N(Cc1ccc(F)cc1)C(=O)CN1C(=O)NC2(CCN(C)c3cc(NC(=O)C(F)(F)F)ccc32)C1=O. The summed E-state index contributed by atoms with van der Waals surface area (Å²) in [6.45, 7) is 1.86. The summed E-state index contributed by atoms with van der Waals surface area (Å²) in [5.74, 6) is -3.32. The quantitative estimate of drug-likeness (QED) is 0.387. The van der Waals surface area contributed by atoms with E-state index in [2.05, 4.69) is 5.32 Å². The van der Waals surface area contributed by atoms with Gasteiger partial charge in [-0.2, -0.15) is 13.2 Å². The monoisotopic (exact) mass is 575 g/mol. The van der Waals surface area contributed by atoms with Crippen molar-refractivity contribution < 1.29 is 36.7 Å². The second kappa shape index (κ2) is 10.3. The van der Waals surface area contributed by atoms with Crippen LogP contribution in [0.2, 0.25) is 0 Å². The van der Waals surface area contributed by atoms with E-state index in [1.165, 1.54) is 30.3 Å². The summed E-state index contributed by atoms with van der Waals surface area (Å²) in [6.07, 6.45) is -3.00. The molecule has 2 aliphatic heterocycles. The van der Waals surface area contributed by atoms with Crippen LogP contribution in [0.15, 0.2) is 42.5 Å². The van der Waals surface area contributed by atoms with E-state index in [-0.39, 0.29) is 31.2 Å². The van der Waals surface area contributed by atoms with E-state index in [0.717, 1.165) is 17.7 Å². The summed E-state index contributed by atoms with van der Waals surface area (Å²) in [5, 5.41) is 4.53. The van der Waals surface area contributed by atoms with Gasteiger partial charge < -0.3 is 20.4 Å². The molecule has 2 heterocycles. The Bertz CT molecular complexity index is 1390. The number of nitrogens with one attached hydrogen (secondary N) is 2. The molecule has 9 nitrogen and oxygen atoms in total. The summed E-state index contributed by atoms with van der Waals surface area (Å²) in [7, 11) is 1.68. The molecule has 2 N–H and O–H groups in total. The second-order valence-corrected chi connectivity index (χ2v) is 10.8. The third-order valence-electron chi connectivity index (χ3n) is 8.06. The predicted molar refractivity (Wildman–Crippen MR) is 140 cm³/mol. The summed E-state index contributed by atoms with van der Waals surface area (Å²) in [6, 6.07) is 8.81. The number of imide groups is 1. The highest BCUT2D eigenvalue weighted by Crippen LogP contribution is 2.43. The Morgan fingerprint density at radius 2 is 1.83 bits per heavy atom. The number of halogens is 4. The van der Waals surface area contributed by atoms with E-state index in [0.29, 0.717) is 22.7 Å². The standard InChI is InChI=1S/C28H29F4N5O4/c1-16(18-5-6-18)36(14-17-3-7-19(29)8-4-17)23(38)15-37-25(40)27(34-26(37)41)11-12-35(2)22-13-20(9-10-21(22)27)33-24(39)28(30,31)32/h3-4,7-10,13,16,18H,5-6,11-12,14-15H2,1-2H3,(H,33,39)(H,34,41)/t16-,27?/m0/s1. The highest BCUT2D eigenvalue weighted by atomic mass is 19.4. The molecule has 5 amide bonds. The van der Waals surface area contributed by atoms with Crippen LogP contribution in [0, 0.1) is 11.7 Å². The van der Waals surface area contributed by atoms with Crippen LogP contribution in [0.5, 0.6) is 0 Å². The Balaban J connectivity index is 1.38. The van der Waals surface area contributed by atoms with Crippen LogP contribution < -0.4 is 15.5 Å². The Morgan fingerprint density at radius 3 is 2.46 bits per heavy atom. The minimum absolute atomic E-state index is 0.121. The van der Waals surface area contributed by atoms with Gasteiger partial charge in [-0.1, -0.05) is 18.2 Å². The molecule has 1 saturated heterocycles. The van der Waals surface area contributed by atoms with Crippen LogP contribution >= 0.6 is 0 Å². The number of amides is 5. The number of rotatable bonds is 7. The van der Waals surface area contributed by atoms with Gasteiger partial charge in [-0.3, -0.25) is 19.3 Å². The second-order valence-electron chi connectivity index (χ2n) is 10.8. The number of hydrogen-bond acceptors (Lipinski definition) is 5. The normalized spacial score (nSPS) is 21.0. The first-order chi connectivity index (χ1) is 19.3. The van der Waals surface area contributed by atoms with Crippen LogP contribution in [0.4, 0.5) is 33.7 Å². The molecule has 5 rings (SSSR count). The number of hydrogen-bond donors (Lipinski definition) is 2. The van der Waals surface area contributed by atoms with Crippen LogP contribution in [0.25, 0.3) is 0 Å². The number of urea groups is 1. The Morgan fingerprint density at radius 1 is 1.15 bits per heavy atom. The number of fused-ring (bicyclic) bond motifs is 2. The van der Waals surface area contributed by atoms with E-state index in [4.69, 9.17) is 0 Å². The summed E-state index contributed by atoms with van der Waals surface area (Å²) >= 11 is 0.